The standard InChI is InChI=1S/C34H27F4N5O3/c35-25-5-3-21(4-6-25)27-15-22(31-28(36)16-24(18-42-31)33(45)43-11-9-34(37,38)10-12-43)13-23-14-26(46-32(23)27)19-41-30(44)8-2-20-1-7-29(39)40-17-20/h1-8,13-18H,9-12,19H2,(H2,39,40)(H,41,44). The Morgan fingerprint density at radius 2 is 1.72 bits per heavy atom. The minimum Gasteiger partial charge on any atom is -0.459 e. The van der Waals surface area contributed by atoms with Gasteiger partial charge in [-0.15, -0.1) is 0 Å². The summed E-state index contributed by atoms with van der Waals surface area (Å²) < 4.78 is 62.5. The van der Waals surface area contributed by atoms with E-state index in [1.165, 1.54) is 35.5 Å². The lowest BCUT2D eigenvalue weighted by atomic mass is 9.98. The topological polar surface area (TPSA) is 114 Å². The number of piperidine rings is 1. The number of fused-ring (bicyclic) bond motifs is 1. The van der Waals surface area contributed by atoms with Crippen LogP contribution in [0.4, 0.5) is 23.4 Å². The van der Waals surface area contributed by atoms with Gasteiger partial charge in [-0.1, -0.05) is 12.1 Å². The Morgan fingerprint density at radius 1 is 0.957 bits per heavy atom. The molecular formula is C34H27F4N5O3. The monoisotopic (exact) mass is 629 g/mol. The number of hydrogen-bond donors (Lipinski definition) is 2. The number of rotatable bonds is 7. The molecule has 0 bridgehead atoms. The Bertz CT molecular complexity index is 1950. The van der Waals surface area contributed by atoms with E-state index in [9.17, 15) is 22.8 Å². The zero-order valence-corrected chi connectivity index (χ0v) is 24.3. The van der Waals surface area contributed by atoms with Crippen LogP contribution in [-0.4, -0.2) is 45.7 Å². The van der Waals surface area contributed by atoms with E-state index >= 15 is 4.39 Å². The van der Waals surface area contributed by atoms with Crippen molar-refractivity contribution in [2.24, 2.45) is 0 Å². The number of aromatic nitrogens is 2. The van der Waals surface area contributed by atoms with Crippen LogP contribution in [0.25, 0.3) is 39.4 Å². The highest BCUT2D eigenvalue weighted by Crippen LogP contribution is 2.36. The van der Waals surface area contributed by atoms with E-state index in [1.54, 1.807) is 48.5 Å². The first-order valence-electron chi connectivity index (χ1n) is 14.4. The van der Waals surface area contributed by atoms with Crippen LogP contribution in [0.2, 0.25) is 0 Å². The summed E-state index contributed by atoms with van der Waals surface area (Å²) in [7, 11) is 0. The number of nitrogen functional groups attached to an aromatic ring is 1. The third-order valence-corrected chi connectivity index (χ3v) is 7.64. The predicted octanol–water partition coefficient (Wildman–Crippen LogP) is 6.62. The molecule has 3 aromatic heterocycles. The van der Waals surface area contributed by atoms with Gasteiger partial charge < -0.3 is 20.4 Å². The number of benzene rings is 2. The molecule has 1 fully saturated rings. The van der Waals surface area contributed by atoms with Gasteiger partial charge in [-0.2, -0.15) is 0 Å². The normalized spacial score (nSPS) is 14.6. The Morgan fingerprint density at radius 3 is 2.41 bits per heavy atom. The van der Waals surface area contributed by atoms with Gasteiger partial charge in [0.15, 0.2) is 0 Å². The Balaban J connectivity index is 1.27. The number of anilines is 1. The van der Waals surface area contributed by atoms with Gasteiger partial charge >= 0.3 is 0 Å². The highest BCUT2D eigenvalue weighted by molar-refractivity contribution is 5.98. The van der Waals surface area contributed by atoms with E-state index < -0.39 is 36.3 Å². The summed E-state index contributed by atoms with van der Waals surface area (Å²) in [5.74, 6) is -4.22. The summed E-state index contributed by atoms with van der Waals surface area (Å²) >= 11 is 0. The van der Waals surface area contributed by atoms with Gasteiger partial charge in [-0.3, -0.25) is 14.6 Å². The summed E-state index contributed by atoms with van der Waals surface area (Å²) in [4.78, 5) is 34.8. The van der Waals surface area contributed by atoms with E-state index in [4.69, 9.17) is 10.2 Å². The first-order valence-corrected chi connectivity index (χ1v) is 14.4. The molecule has 234 valence electrons. The number of alkyl halides is 2. The van der Waals surface area contributed by atoms with Gasteiger partial charge in [0.25, 0.3) is 11.8 Å². The molecular weight excluding hydrogens is 602 g/mol. The highest BCUT2D eigenvalue weighted by Gasteiger charge is 2.36. The van der Waals surface area contributed by atoms with Crippen LogP contribution in [0.15, 0.2) is 83.6 Å². The average Bonchev–Trinajstić information content (AvgIpc) is 3.46. The SMILES string of the molecule is Nc1ccc(C=CC(=O)NCc2cc3cc(-c4ncc(C(=O)N5CCC(F)(F)CC5)cc4F)cc(-c4ccc(F)cc4)c3o2)cn1. The number of halogens is 4. The van der Waals surface area contributed by atoms with Crippen molar-refractivity contribution in [3.05, 3.63) is 108 Å². The maximum absolute atomic E-state index is 15.5. The van der Waals surface area contributed by atoms with Crippen molar-refractivity contribution in [3.63, 3.8) is 0 Å². The molecule has 1 aliphatic rings. The molecule has 1 saturated heterocycles. The number of likely N-dealkylation sites (tertiary alicyclic amines) is 1. The molecule has 1 aliphatic heterocycles. The summed E-state index contributed by atoms with van der Waals surface area (Å²) in [6, 6.07) is 15.1. The van der Waals surface area contributed by atoms with E-state index in [-0.39, 0.29) is 36.8 Å². The minimum absolute atomic E-state index is 0.0435. The van der Waals surface area contributed by atoms with Gasteiger partial charge in [0.05, 0.1) is 12.1 Å². The van der Waals surface area contributed by atoms with Crippen molar-refractivity contribution < 1.29 is 31.6 Å². The van der Waals surface area contributed by atoms with Crippen molar-refractivity contribution in [3.8, 4) is 22.4 Å². The summed E-state index contributed by atoms with van der Waals surface area (Å²) in [6.07, 6.45) is 4.79. The zero-order valence-electron chi connectivity index (χ0n) is 24.3. The lowest BCUT2D eigenvalue weighted by molar-refractivity contribution is -0.116. The molecule has 6 rings (SSSR count). The summed E-state index contributed by atoms with van der Waals surface area (Å²) in [6.45, 7) is -0.221. The van der Waals surface area contributed by atoms with Gasteiger partial charge in [-0.05, 0) is 65.7 Å². The molecule has 0 aliphatic carbocycles. The van der Waals surface area contributed by atoms with Gasteiger partial charge in [0, 0.05) is 60.9 Å². The third kappa shape index (κ3) is 6.75. The number of nitrogens with one attached hydrogen (secondary N) is 1. The van der Waals surface area contributed by atoms with E-state index in [0.717, 1.165) is 6.07 Å². The minimum atomic E-state index is -2.82. The zero-order chi connectivity index (χ0) is 32.4. The molecule has 0 radical (unpaired) electrons. The van der Waals surface area contributed by atoms with Gasteiger partial charge in [0.2, 0.25) is 5.91 Å². The van der Waals surface area contributed by atoms with E-state index in [2.05, 4.69) is 15.3 Å². The number of pyridine rings is 2. The van der Waals surface area contributed by atoms with Crippen molar-refractivity contribution >= 4 is 34.7 Å². The fourth-order valence-corrected chi connectivity index (χ4v) is 5.18. The maximum atomic E-state index is 15.5. The van der Waals surface area contributed by atoms with Crippen molar-refractivity contribution in [2.45, 2.75) is 25.3 Å². The number of carbonyl (C=O) groups is 2. The van der Waals surface area contributed by atoms with Crippen LogP contribution < -0.4 is 11.1 Å². The lowest BCUT2D eigenvalue weighted by Gasteiger charge is -2.31. The van der Waals surface area contributed by atoms with Crippen LogP contribution in [0.3, 0.4) is 0 Å². The summed E-state index contributed by atoms with van der Waals surface area (Å²) in [5, 5.41) is 3.32. The summed E-state index contributed by atoms with van der Waals surface area (Å²) in [5.41, 5.74) is 8.08. The van der Waals surface area contributed by atoms with Gasteiger partial charge in [-0.25, -0.2) is 22.5 Å². The van der Waals surface area contributed by atoms with Crippen LogP contribution >= 0.6 is 0 Å². The molecule has 46 heavy (non-hydrogen) atoms. The molecule has 0 spiro atoms. The number of nitrogens with two attached hydrogens (primary N) is 1. The van der Waals surface area contributed by atoms with Crippen molar-refractivity contribution in [2.75, 3.05) is 18.8 Å². The van der Waals surface area contributed by atoms with Crippen LogP contribution in [0, 0.1) is 11.6 Å². The third-order valence-electron chi connectivity index (χ3n) is 7.64. The Labute approximate surface area is 260 Å². The van der Waals surface area contributed by atoms with Crippen molar-refractivity contribution in [1.29, 1.82) is 0 Å². The molecule has 5 aromatic rings. The van der Waals surface area contributed by atoms with Crippen LogP contribution in [0.5, 0.6) is 0 Å². The second kappa shape index (κ2) is 12.5. The first kappa shape index (κ1) is 30.5. The molecule has 0 saturated carbocycles. The molecule has 2 amide bonds. The maximum Gasteiger partial charge on any atom is 0.255 e. The largest absolute Gasteiger partial charge is 0.459 e. The predicted molar refractivity (Wildman–Crippen MR) is 164 cm³/mol. The second-order valence-corrected chi connectivity index (χ2v) is 10.9. The molecule has 0 atom stereocenters. The average molecular weight is 630 g/mol. The van der Waals surface area contributed by atoms with Crippen LogP contribution in [-0.2, 0) is 11.3 Å². The number of carbonyl (C=O) groups excluding carboxylic acids is 2. The molecule has 3 N–H and O–H groups in total. The molecule has 0 unspecified atom stereocenters. The van der Waals surface area contributed by atoms with Crippen molar-refractivity contribution in [1.82, 2.24) is 20.2 Å². The molecule has 4 heterocycles. The number of furan rings is 1. The first-order chi connectivity index (χ1) is 22.0. The number of hydrogen-bond acceptors (Lipinski definition) is 6. The fraction of sp³-hybridized carbons (Fsp3) is 0.176. The van der Waals surface area contributed by atoms with Gasteiger partial charge in [0.1, 0.15) is 34.5 Å². The Hall–Kier alpha value is -5.52. The quantitative estimate of drug-likeness (QED) is 0.155. The number of amides is 2. The molecule has 8 nitrogen and oxygen atoms in total. The lowest BCUT2D eigenvalue weighted by Crippen LogP contribution is -2.42. The second-order valence-electron chi connectivity index (χ2n) is 10.9. The van der Waals surface area contributed by atoms with E-state index in [0.29, 0.717) is 44.8 Å². The number of nitrogens with zero attached hydrogens (tertiary/aromatic N) is 3. The molecule has 2 aromatic carbocycles. The smallest absolute Gasteiger partial charge is 0.255 e. The fourth-order valence-electron chi connectivity index (χ4n) is 5.18. The Kier molecular flexibility index (Phi) is 8.27. The van der Waals surface area contributed by atoms with Crippen LogP contribution in [0.1, 0.15) is 34.5 Å². The van der Waals surface area contributed by atoms with E-state index in [1.807, 2.05) is 0 Å². The highest BCUT2D eigenvalue weighted by atomic mass is 19.3. The molecule has 12 heteroatoms.